The third kappa shape index (κ3) is 5.80. The molecule has 4 heterocycles. The van der Waals surface area contributed by atoms with Crippen LogP contribution in [0.2, 0.25) is 0 Å². The van der Waals surface area contributed by atoms with Crippen LogP contribution in [-0.4, -0.2) is 88.2 Å². The Balaban J connectivity index is 1.16. The van der Waals surface area contributed by atoms with Gasteiger partial charge in [0.05, 0.1) is 36.1 Å². The maximum absolute atomic E-state index is 12.6. The van der Waals surface area contributed by atoms with E-state index in [2.05, 4.69) is 96.4 Å². The number of fused-ring (bicyclic) bond motifs is 2. The highest BCUT2D eigenvalue weighted by molar-refractivity contribution is 8.08. The first-order chi connectivity index (χ1) is 22.3. The second-order valence-corrected chi connectivity index (χ2v) is 14.9. The molecule has 0 spiro atoms. The quantitative estimate of drug-likeness (QED) is 0.221. The number of amides is 1. The van der Waals surface area contributed by atoms with Crippen LogP contribution in [0.15, 0.2) is 49.1 Å². The standard InChI is InChI=1S/C36H43N7O2S/c1-5-31(44)43-19-18-42(22-27(43)14-16-37)33-28-15-17-41(30-11-7-10-25-9-6-8-24(2)32(25)30)23-29(28)38-35(39-33)45-21-20-40(4)34-36(3,46-34)26-12-13-26/h5-11,26-27,34H,1,12-15,17-23H2,2-4H3/t27-,34?,36+/m0/s1. The summed E-state index contributed by atoms with van der Waals surface area (Å²) in [6, 6.07) is 15.4. The maximum atomic E-state index is 12.6. The molecule has 3 atom stereocenters. The summed E-state index contributed by atoms with van der Waals surface area (Å²) >= 11 is 2.08. The van der Waals surface area contributed by atoms with Crippen LogP contribution in [0.4, 0.5) is 11.5 Å². The zero-order valence-electron chi connectivity index (χ0n) is 27.1. The van der Waals surface area contributed by atoms with Gasteiger partial charge in [0.15, 0.2) is 0 Å². The number of anilines is 2. The fourth-order valence-electron chi connectivity index (χ4n) is 7.51. The molecule has 3 aromatic rings. The van der Waals surface area contributed by atoms with Gasteiger partial charge in [-0.3, -0.25) is 9.69 Å². The number of carbonyl (C=O) groups excluding carboxylic acids is 1. The van der Waals surface area contributed by atoms with Crippen LogP contribution in [0, 0.1) is 24.2 Å². The number of nitriles is 1. The summed E-state index contributed by atoms with van der Waals surface area (Å²) in [6.45, 7) is 12.7. The smallest absolute Gasteiger partial charge is 0.318 e. The first-order valence-electron chi connectivity index (χ1n) is 16.5. The van der Waals surface area contributed by atoms with Crippen LogP contribution in [-0.2, 0) is 17.8 Å². The number of hydrogen-bond donors (Lipinski definition) is 0. The third-order valence-corrected chi connectivity index (χ3v) is 12.2. The van der Waals surface area contributed by atoms with Crippen molar-refractivity contribution in [2.75, 3.05) is 56.2 Å². The number of aryl methyl sites for hydroxylation is 1. The molecule has 2 aromatic carbocycles. The van der Waals surface area contributed by atoms with Crippen LogP contribution < -0.4 is 14.5 Å². The van der Waals surface area contributed by atoms with E-state index in [1.807, 2.05) is 0 Å². The summed E-state index contributed by atoms with van der Waals surface area (Å²) in [5, 5.41) is 12.6. The fourth-order valence-corrected chi connectivity index (χ4v) is 9.01. The largest absolute Gasteiger partial charge is 0.462 e. The molecule has 0 radical (unpaired) electrons. The van der Waals surface area contributed by atoms with Gasteiger partial charge in [-0.1, -0.05) is 36.9 Å². The number of nitrogens with zero attached hydrogens (tertiary/aromatic N) is 7. The summed E-state index contributed by atoms with van der Waals surface area (Å²) in [5.74, 6) is 1.60. The Labute approximate surface area is 276 Å². The van der Waals surface area contributed by atoms with Crippen molar-refractivity contribution in [3.8, 4) is 12.1 Å². The highest BCUT2D eigenvalue weighted by Crippen LogP contribution is 2.65. The lowest BCUT2D eigenvalue weighted by molar-refractivity contribution is -0.128. The molecule has 9 nitrogen and oxygen atoms in total. The van der Waals surface area contributed by atoms with Crippen LogP contribution in [0.3, 0.4) is 0 Å². The van der Waals surface area contributed by atoms with Crippen molar-refractivity contribution in [2.24, 2.45) is 5.92 Å². The van der Waals surface area contributed by atoms with E-state index >= 15 is 0 Å². The summed E-state index contributed by atoms with van der Waals surface area (Å²) in [4.78, 5) is 31.5. The molecule has 2 saturated heterocycles. The number of likely N-dealkylation sites (N-methyl/N-ethyl adjacent to an activating group) is 1. The maximum Gasteiger partial charge on any atom is 0.318 e. The number of aromatic nitrogens is 2. The first-order valence-corrected chi connectivity index (χ1v) is 17.4. The minimum atomic E-state index is -0.233. The molecule has 3 fully saturated rings. The normalized spacial score (nSPS) is 24.1. The Kier molecular flexibility index (Phi) is 8.32. The Morgan fingerprint density at radius 2 is 2.00 bits per heavy atom. The number of carbonyl (C=O) groups is 1. The zero-order chi connectivity index (χ0) is 32.0. The van der Waals surface area contributed by atoms with Gasteiger partial charge in [0.1, 0.15) is 12.4 Å². The molecule has 10 heteroatoms. The Morgan fingerprint density at radius 1 is 1.20 bits per heavy atom. The van der Waals surface area contributed by atoms with Crippen LogP contribution in [0.1, 0.15) is 43.0 Å². The van der Waals surface area contributed by atoms with E-state index in [1.165, 1.54) is 40.9 Å². The number of hydrogen-bond acceptors (Lipinski definition) is 9. The van der Waals surface area contributed by atoms with E-state index < -0.39 is 0 Å². The molecule has 3 aliphatic heterocycles. The summed E-state index contributed by atoms with van der Waals surface area (Å²) in [6.07, 6.45) is 5.11. The molecule has 240 valence electrons. The van der Waals surface area contributed by atoms with Gasteiger partial charge in [-0.05, 0) is 69.2 Å². The van der Waals surface area contributed by atoms with Gasteiger partial charge in [0.2, 0.25) is 5.91 Å². The average Bonchev–Trinajstić information content (AvgIpc) is 4.00. The van der Waals surface area contributed by atoms with Crippen molar-refractivity contribution >= 4 is 39.9 Å². The number of rotatable bonds is 10. The van der Waals surface area contributed by atoms with Gasteiger partial charge in [-0.15, -0.1) is 11.8 Å². The molecule has 0 bridgehead atoms. The lowest BCUT2D eigenvalue weighted by atomic mass is 9.99. The Bertz CT molecular complexity index is 1700. The van der Waals surface area contributed by atoms with Crippen LogP contribution >= 0.6 is 11.8 Å². The average molecular weight is 638 g/mol. The molecule has 1 aromatic heterocycles. The van der Waals surface area contributed by atoms with Crippen molar-refractivity contribution in [1.82, 2.24) is 19.8 Å². The highest BCUT2D eigenvalue weighted by atomic mass is 32.2. The second-order valence-electron chi connectivity index (χ2n) is 13.3. The van der Waals surface area contributed by atoms with E-state index in [-0.39, 0.29) is 18.4 Å². The molecule has 1 amide bonds. The van der Waals surface area contributed by atoms with Crippen molar-refractivity contribution in [1.29, 1.82) is 5.26 Å². The molecule has 4 aliphatic rings. The monoisotopic (exact) mass is 637 g/mol. The topological polar surface area (TPSA) is 88.8 Å². The van der Waals surface area contributed by atoms with Gasteiger partial charge in [-0.2, -0.15) is 15.2 Å². The molecular formula is C36H43N7O2S. The van der Waals surface area contributed by atoms with E-state index in [0.29, 0.717) is 48.9 Å². The van der Waals surface area contributed by atoms with Crippen LogP contribution in [0.5, 0.6) is 6.01 Å². The molecular weight excluding hydrogens is 595 g/mol. The van der Waals surface area contributed by atoms with Crippen molar-refractivity contribution in [2.45, 2.75) is 62.2 Å². The number of ether oxygens (including phenoxy) is 1. The number of piperazine rings is 1. The molecule has 0 N–H and O–H groups in total. The predicted octanol–water partition coefficient (Wildman–Crippen LogP) is 5.17. The summed E-state index contributed by atoms with van der Waals surface area (Å²) in [7, 11) is 2.19. The Hall–Kier alpha value is -3.81. The fraction of sp³-hybridized carbons (Fsp3) is 0.500. The van der Waals surface area contributed by atoms with Crippen LogP contribution in [0.25, 0.3) is 10.8 Å². The highest BCUT2D eigenvalue weighted by Gasteiger charge is 2.61. The first kappa shape index (κ1) is 30.8. The molecule has 46 heavy (non-hydrogen) atoms. The SMILES string of the molecule is C=CC(=O)N1CCN(c2nc(OCCN(C)C3S[C@]3(C)C3CC3)nc3c2CCN(c2cccc4cccc(C)c24)C3)C[C@@H]1CC#N. The Morgan fingerprint density at radius 3 is 2.76 bits per heavy atom. The van der Waals surface area contributed by atoms with E-state index in [9.17, 15) is 10.1 Å². The molecule has 1 aliphatic carbocycles. The molecule has 7 rings (SSSR count). The van der Waals surface area contributed by atoms with Gasteiger partial charge < -0.3 is 19.4 Å². The van der Waals surface area contributed by atoms with Crippen molar-refractivity contribution in [3.05, 3.63) is 65.9 Å². The van der Waals surface area contributed by atoms with Gasteiger partial charge in [0.25, 0.3) is 0 Å². The number of thioether (sulfide) groups is 1. The predicted molar refractivity (Wildman–Crippen MR) is 184 cm³/mol. The lowest BCUT2D eigenvalue weighted by Gasteiger charge is -2.42. The third-order valence-electron chi connectivity index (χ3n) is 10.3. The van der Waals surface area contributed by atoms with E-state index in [0.717, 1.165) is 42.5 Å². The van der Waals surface area contributed by atoms with Gasteiger partial charge >= 0.3 is 6.01 Å². The minimum absolute atomic E-state index is 0.134. The van der Waals surface area contributed by atoms with E-state index in [4.69, 9.17) is 14.7 Å². The summed E-state index contributed by atoms with van der Waals surface area (Å²) in [5.41, 5.74) is 4.59. The second kappa shape index (κ2) is 12.4. The molecule has 1 unspecified atom stereocenters. The zero-order valence-corrected chi connectivity index (χ0v) is 27.9. The summed E-state index contributed by atoms with van der Waals surface area (Å²) < 4.78 is 6.72. The van der Waals surface area contributed by atoms with Gasteiger partial charge in [-0.25, -0.2) is 0 Å². The lowest BCUT2D eigenvalue weighted by Crippen LogP contribution is -2.55. The van der Waals surface area contributed by atoms with E-state index in [1.54, 1.807) is 4.90 Å². The van der Waals surface area contributed by atoms with Gasteiger partial charge in [0, 0.05) is 54.1 Å². The molecule has 1 saturated carbocycles. The number of benzene rings is 2. The van der Waals surface area contributed by atoms with Crippen molar-refractivity contribution in [3.63, 3.8) is 0 Å². The minimum Gasteiger partial charge on any atom is -0.462 e. The van der Waals surface area contributed by atoms with Crippen molar-refractivity contribution < 1.29 is 9.53 Å².